The van der Waals surface area contributed by atoms with Crippen LogP contribution in [0.4, 0.5) is 0 Å². The zero-order chi connectivity index (χ0) is 9.31. The van der Waals surface area contributed by atoms with Gasteiger partial charge < -0.3 is 0 Å². The van der Waals surface area contributed by atoms with Gasteiger partial charge in [0.25, 0.3) is 0 Å². The van der Waals surface area contributed by atoms with Crippen molar-refractivity contribution in [3.63, 3.8) is 0 Å². The minimum absolute atomic E-state index is 0.0788. The molecule has 0 amide bonds. The topological polar surface area (TPSA) is 17.1 Å². The van der Waals surface area contributed by atoms with E-state index in [1.54, 1.807) is 6.92 Å². The van der Waals surface area contributed by atoms with E-state index >= 15 is 0 Å². The third-order valence-corrected chi connectivity index (χ3v) is 3.88. The van der Waals surface area contributed by atoms with Crippen LogP contribution >= 0.6 is 0 Å². The van der Waals surface area contributed by atoms with Crippen LogP contribution in [0.25, 0.3) is 0 Å². The third-order valence-electron chi connectivity index (χ3n) is 3.88. The lowest BCUT2D eigenvalue weighted by Gasteiger charge is -2.26. The first-order valence-corrected chi connectivity index (χ1v) is 5.39. The molecule has 72 valence electrons. The molecule has 2 unspecified atom stereocenters. The molecule has 2 aliphatic rings. The lowest BCUT2D eigenvalue weighted by molar-refractivity contribution is -0.126. The normalized spacial score (nSPS) is 40.8. The molecule has 1 heteroatoms. The molecule has 0 spiro atoms. The van der Waals surface area contributed by atoms with E-state index in [9.17, 15) is 4.79 Å². The lowest BCUT2D eigenvalue weighted by atomic mass is 9.76. The fourth-order valence-corrected chi connectivity index (χ4v) is 2.93. The van der Waals surface area contributed by atoms with Gasteiger partial charge in [-0.25, -0.2) is 0 Å². The molecule has 0 aromatic heterocycles. The summed E-state index contributed by atoms with van der Waals surface area (Å²) in [7, 11) is 0. The Kier molecular flexibility index (Phi) is 2.27. The molecule has 0 aromatic rings. The van der Waals surface area contributed by atoms with E-state index < -0.39 is 0 Å². The summed E-state index contributed by atoms with van der Waals surface area (Å²) in [5.41, 5.74) is 0.0788. The van der Waals surface area contributed by atoms with Crippen molar-refractivity contribution in [2.24, 2.45) is 11.3 Å². The van der Waals surface area contributed by atoms with Crippen molar-refractivity contribution in [2.75, 3.05) is 0 Å². The Morgan fingerprint density at radius 2 is 2.23 bits per heavy atom. The first-order chi connectivity index (χ1) is 6.23. The zero-order valence-corrected chi connectivity index (χ0v) is 8.38. The van der Waals surface area contributed by atoms with Crippen molar-refractivity contribution in [3.05, 3.63) is 12.2 Å². The van der Waals surface area contributed by atoms with E-state index in [-0.39, 0.29) is 5.41 Å². The molecule has 0 saturated heterocycles. The molecular weight excluding hydrogens is 160 g/mol. The molecule has 0 aliphatic heterocycles. The van der Waals surface area contributed by atoms with Gasteiger partial charge in [-0.3, -0.25) is 4.79 Å². The summed E-state index contributed by atoms with van der Waals surface area (Å²) in [6.07, 6.45) is 11.5. The molecule has 0 aromatic carbocycles. The summed E-state index contributed by atoms with van der Waals surface area (Å²) in [6, 6.07) is 0. The number of carbonyl (C=O) groups excluding carboxylic acids is 1. The van der Waals surface area contributed by atoms with Gasteiger partial charge in [-0.1, -0.05) is 12.2 Å². The second kappa shape index (κ2) is 3.28. The summed E-state index contributed by atoms with van der Waals surface area (Å²) in [5, 5.41) is 0. The monoisotopic (exact) mass is 178 g/mol. The maximum Gasteiger partial charge on any atom is 0.135 e. The number of Topliss-reactive ketones (excluding diaryl/α,β-unsaturated/α-hetero) is 1. The molecular formula is C12H18O. The smallest absolute Gasteiger partial charge is 0.135 e. The first-order valence-electron chi connectivity index (χ1n) is 5.39. The molecule has 0 N–H and O–H groups in total. The largest absolute Gasteiger partial charge is 0.299 e. The van der Waals surface area contributed by atoms with E-state index in [1.165, 1.54) is 12.8 Å². The van der Waals surface area contributed by atoms with Crippen LogP contribution < -0.4 is 0 Å². The average molecular weight is 178 g/mol. The summed E-state index contributed by atoms with van der Waals surface area (Å²) < 4.78 is 0. The fourth-order valence-electron chi connectivity index (χ4n) is 2.93. The van der Waals surface area contributed by atoms with Gasteiger partial charge in [-0.15, -0.1) is 0 Å². The number of fused-ring (bicyclic) bond motifs is 2. The molecule has 1 fully saturated rings. The Labute approximate surface area is 80.2 Å². The van der Waals surface area contributed by atoms with E-state index in [0.717, 1.165) is 31.6 Å². The van der Waals surface area contributed by atoms with Gasteiger partial charge in [0.1, 0.15) is 5.78 Å². The minimum Gasteiger partial charge on any atom is -0.299 e. The predicted molar refractivity (Wildman–Crippen MR) is 53.4 cm³/mol. The lowest BCUT2D eigenvalue weighted by Crippen LogP contribution is -2.26. The van der Waals surface area contributed by atoms with Gasteiger partial charge in [0.2, 0.25) is 0 Å². The van der Waals surface area contributed by atoms with Crippen molar-refractivity contribution < 1.29 is 4.79 Å². The van der Waals surface area contributed by atoms with Crippen molar-refractivity contribution in [1.82, 2.24) is 0 Å². The van der Waals surface area contributed by atoms with E-state index in [2.05, 4.69) is 12.2 Å². The number of allylic oxidation sites excluding steroid dienone is 2. The van der Waals surface area contributed by atoms with Crippen molar-refractivity contribution in [1.29, 1.82) is 0 Å². The van der Waals surface area contributed by atoms with E-state index in [1.807, 2.05) is 0 Å². The third kappa shape index (κ3) is 1.56. The van der Waals surface area contributed by atoms with Crippen LogP contribution in [0.15, 0.2) is 12.2 Å². The summed E-state index contributed by atoms with van der Waals surface area (Å²) in [4.78, 5) is 11.6. The molecule has 0 heterocycles. The summed E-state index contributed by atoms with van der Waals surface area (Å²) in [5.74, 6) is 1.23. The van der Waals surface area contributed by atoms with Crippen molar-refractivity contribution in [3.8, 4) is 0 Å². The van der Waals surface area contributed by atoms with Crippen LogP contribution in [-0.4, -0.2) is 5.78 Å². The molecule has 0 radical (unpaired) electrons. The van der Waals surface area contributed by atoms with Crippen molar-refractivity contribution >= 4 is 5.78 Å². The van der Waals surface area contributed by atoms with Crippen LogP contribution in [0.2, 0.25) is 0 Å². The van der Waals surface area contributed by atoms with Crippen LogP contribution in [0.1, 0.15) is 45.4 Å². The molecule has 2 aliphatic carbocycles. The van der Waals surface area contributed by atoms with Gasteiger partial charge in [0, 0.05) is 5.41 Å². The highest BCUT2D eigenvalue weighted by Crippen LogP contribution is 2.48. The standard InChI is InChI=1S/C12H18O/c1-10(13)12-7-4-2-3-5-11(9-12)6-8-12/h2-3,11H,4-9H2,1H3/b3-2+. The maximum atomic E-state index is 11.6. The first kappa shape index (κ1) is 8.98. The highest BCUT2D eigenvalue weighted by molar-refractivity contribution is 5.82. The number of hydrogen-bond acceptors (Lipinski definition) is 1. The van der Waals surface area contributed by atoms with E-state index in [4.69, 9.17) is 0 Å². The molecule has 2 rings (SSSR count). The highest BCUT2D eigenvalue weighted by Gasteiger charge is 2.42. The van der Waals surface area contributed by atoms with Crippen LogP contribution in [0.3, 0.4) is 0 Å². The average Bonchev–Trinajstić information content (AvgIpc) is 2.46. The Morgan fingerprint density at radius 3 is 3.00 bits per heavy atom. The fraction of sp³-hybridized carbons (Fsp3) is 0.750. The van der Waals surface area contributed by atoms with Gasteiger partial charge in [-0.05, 0) is 51.4 Å². The molecule has 2 bridgehead atoms. The number of rotatable bonds is 1. The second-order valence-corrected chi connectivity index (χ2v) is 4.69. The molecule has 2 atom stereocenters. The van der Waals surface area contributed by atoms with Gasteiger partial charge in [-0.2, -0.15) is 0 Å². The Morgan fingerprint density at radius 1 is 1.38 bits per heavy atom. The minimum atomic E-state index is 0.0788. The Bertz CT molecular complexity index is 242. The molecule has 1 nitrogen and oxygen atoms in total. The quantitative estimate of drug-likeness (QED) is 0.564. The van der Waals surface area contributed by atoms with Crippen LogP contribution in [0, 0.1) is 11.3 Å². The summed E-state index contributed by atoms with van der Waals surface area (Å²) >= 11 is 0. The van der Waals surface area contributed by atoms with E-state index in [0.29, 0.717) is 5.78 Å². The van der Waals surface area contributed by atoms with Gasteiger partial charge in [0.05, 0.1) is 0 Å². The number of carbonyl (C=O) groups is 1. The summed E-state index contributed by atoms with van der Waals surface area (Å²) in [6.45, 7) is 1.79. The molecule has 13 heavy (non-hydrogen) atoms. The number of hydrogen-bond donors (Lipinski definition) is 0. The van der Waals surface area contributed by atoms with Gasteiger partial charge in [0.15, 0.2) is 0 Å². The van der Waals surface area contributed by atoms with Crippen LogP contribution in [0.5, 0.6) is 0 Å². The predicted octanol–water partition coefficient (Wildman–Crippen LogP) is 3.10. The second-order valence-electron chi connectivity index (χ2n) is 4.69. The zero-order valence-electron chi connectivity index (χ0n) is 8.38. The SMILES string of the molecule is CC(=O)C12CC/C=C/CC(CC1)C2. The molecule has 1 saturated carbocycles. The Hall–Kier alpha value is -0.590. The maximum absolute atomic E-state index is 11.6. The van der Waals surface area contributed by atoms with Crippen LogP contribution in [-0.2, 0) is 4.79 Å². The number of ketones is 1. The Balaban J connectivity index is 2.20. The van der Waals surface area contributed by atoms with Gasteiger partial charge >= 0.3 is 0 Å². The van der Waals surface area contributed by atoms with Crippen molar-refractivity contribution in [2.45, 2.75) is 45.4 Å². The highest BCUT2D eigenvalue weighted by atomic mass is 16.1.